The van der Waals surface area contributed by atoms with Crippen molar-refractivity contribution in [1.82, 2.24) is 4.90 Å². The third-order valence-corrected chi connectivity index (χ3v) is 4.34. The van der Waals surface area contributed by atoms with E-state index in [0.717, 1.165) is 35.3 Å². The minimum Gasteiger partial charge on any atom is -0.480 e. The summed E-state index contributed by atoms with van der Waals surface area (Å²) in [6.45, 7) is 1.79. The molecule has 0 bridgehead atoms. The molecule has 2 heterocycles. The van der Waals surface area contributed by atoms with Gasteiger partial charge in [0.05, 0.1) is 0 Å². The van der Waals surface area contributed by atoms with E-state index in [-0.39, 0.29) is 0 Å². The van der Waals surface area contributed by atoms with Crippen molar-refractivity contribution in [2.45, 2.75) is 18.9 Å². The van der Waals surface area contributed by atoms with E-state index in [1.165, 1.54) is 11.3 Å². The molecule has 0 amide bonds. The van der Waals surface area contributed by atoms with Gasteiger partial charge in [0.15, 0.2) is 0 Å². The average Bonchev–Trinajstić information content (AvgIpc) is 2.77. The van der Waals surface area contributed by atoms with Gasteiger partial charge < -0.3 is 5.11 Å². The lowest BCUT2D eigenvalue weighted by Gasteiger charge is -2.22. The Bertz CT molecular complexity index is 360. The zero-order valence-corrected chi connectivity index (χ0v) is 10.6. The molecule has 2 rings (SSSR count). The first kappa shape index (κ1) is 11.1. The zero-order chi connectivity index (χ0) is 10.8. The Morgan fingerprint density at radius 3 is 2.67 bits per heavy atom. The molecule has 0 aliphatic carbocycles. The van der Waals surface area contributed by atoms with Crippen LogP contribution in [-0.2, 0) is 4.79 Å². The Morgan fingerprint density at radius 1 is 1.53 bits per heavy atom. The van der Waals surface area contributed by atoms with Crippen LogP contribution in [0.5, 0.6) is 0 Å². The van der Waals surface area contributed by atoms with E-state index < -0.39 is 12.0 Å². The molecule has 1 fully saturated rings. The van der Waals surface area contributed by atoms with Gasteiger partial charge in [-0.2, -0.15) is 0 Å². The summed E-state index contributed by atoms with van der Waals surface area (Å²) in [5.74, 6) is -0.744. The van der Waals surface area contributed by atoms with E-state index in [2.05, 4.69) is 15.9 Å². The number of hydrogen-bond donors (Lipinski definition) is 1. The maximum Gasteiger partial charge on any atom is 0.326 e. The topological polar surface area (TPSA) is 40.5 Å². The van der Waals surface area contributed by atoms with Crippen molar-refractivity contribution >= 4 is 33.2 Å². The average molecular weight is 290 g/mol. The first-order valence-electron chi connectivity index (χ1n) is 4.89. The SMILES string of the molecule is O=C(O)[C@@H](c1cc(Br)cs1)N1CCCC1. The van der Waals surface area contributed by atoms with Gasteiger partial charge in [-0.05, 0) is 47.9 Å². The molecule has 0 aromatic carbocycles. The number of likely N-dealkylation sites (tertiary alicyclic amines) is 1. The van der Waals surface area contributed by atoms with Crippen LogP contribution in [0.15, 0.2) is 15.9 Å². The molecule has 3 nitrogen and oxygen atoms in total. The minimum atomic E-state index is -0.744. The summed E-state index contributed by atoms with van der Waals surface area (Å²) < 4.78 is 0.966. The molecule has 1 atom stereocenters. The molecule has 0 unspecified atom stereocenters. The van der Waals surface area contributed by atoms with E-state index >= 15 is 0 Å². The number of aliphatic carboxylic acids is 1. The van der Waals surface area contributed by atoms with Crippen LogP contribution in [0.2, 0.25) is 0 Å². The summed E-state index contributed by atoms with van der Waals surface area (Å²) in [5.41, 5.74) is 0. The molecule has 0 spiro atoms. The van der Waals surface area contributed by atoms with Crippen molar-refractivity contribution in [2.75, 3.05) is 13.1 Å². The number of carboxylic acid groups (broad SMARTS) is 1. The van der Waals surface area contributed by atoms with E-state index in [0.29, 0.717) is 0 Å². The number of carboxylic acids is 1. The Balaban J connectivity index is 2.22. The minimum absolute atomic E-state index is 0.455. The highest BCUT2D eigenvalue weighted by Crippen LogP contribution is 2.31. The molecule has 1 aromatic rings. The summed E-state index contributed by atoms with van der Waals surface area (Å²) in [6.07, 6.45) is 2.21. The van der Waals surface area contributed by atoms with Gasteiger partial charge in [-0.1, -0.05) is 0 Å². The highest BCUT2D eigenvalue weighted by Gasteiger charge is 2.30. The Kier molecular flexibility index (Phi) is 3.43. The highest BCUT2D eigenvalue weighted by molar-refractivity contribution is 9.10. The Morgan fingerprint density at radius 2 is 2.20 bits per heavy atom. The standard InChI is InChI=1S/C10H12BrNO2S/c11-7-5-8(15-6-7)9(10(13)14)12-3-1-2-4-12/h5-6,9H,1-4H2,(H,13,14)/t9-/m1/s1. The van der Waals surface area contributed by atoms with Gasteiger partial charge in [-0.3, -0.25) is 9.69 Å². The maximum atomic E-state index is 11.2. The van der Waals surface area contributed by atoms with E-state index in [9.17, 15) is 9.90 Å². The lowest BCUT2D eigenvalue weighted by atomic mass is 10.2. The first-order chi connectivity index (χ1) is 7.18. The molecular weight excluding hydrogens is 278 g/mol. The van der Waals surface area contributed by atoms with Crippen LogP contribution in [0, 0.1) is 0 Å². The largest absolute Gasteiger partial charge is 0.480 e. The van der Waals surface area contributed by atoms with Gasteiger partial charge in [-0.15, -0.1) is 11.3 Å². The van der Waals surface area contributed by atoms with E-state index in [1.54, 1.807) is 0 Å². The molecule has 1 aromatic heterocycles. The number of halogens is 1. The lowest BCUT2D eigenvalue weighted by molar-refractivity contribution is -0.143. The van der Waals surface area contributed by atoms with E-state index in [4.69, 9.17) is 0 Å². The number of hydrogen-bond acceptors (Lipinski definition) is 3. The van der Waals surface area contributed by atoms with Crippen LogP contribution in [-0.4, -0.2) is 29.1 Å². The molecule has 1 saturated heterocycles. The van der Waals surface area contributed by atoms with Crippen molar-refractivity contribution in [1.29, 1.82) is 0 Å². The molecule has 5 heteroatoms. The zero-order valence-electron chi connectivity index (χ0n) is 8.15. The Hall–Kier alpha value is -0.390. The molecule has 0 saturated carbocycles. The highest BCUT2D eigenvalue weighted by atomic mass is 79.9. The number of thiophene rings is 1. The lowest BCUT2D eigenvalue weighted by Crippen LogP contribution is -2.31. The molecule has 0 radical (unpaired) electrons. The third-order valence-electron chi connectivity index (χ3n) is 2.60. The summed E-state index contributed by atoms with van der Waals surface area (Å²) >= 11 is 4.86. The first-order valence-corrected chi connectivity index (χ1v) is 6.56. The van der Waals surface area contributed by atoms with Crippen LogP contribution in [0.1, 0.15) is 23.8 Å². The molecular formula is C10H12BrNO2S. The fraction of sp³-hybridized carbons (Fsp3) is 0.500. The fourth-order valence-corrected chi connectivity index (χ4v) is 3.50. The van der Waals surface area contributed by atoms with Gasteiger partial charge >= 0.3 is 5.97 Å². The second kappa shape index (κ2) is 4.63. The van der Waals surface area contributed by atoms with Crippen molar-refractivity contribution in [3.05, 3.63) is 20.8 Å². The summed E-state index contributed by atoms with van der Waals surface area (Å²) in [5, 5.41) is 11.2. The summed E-state index contributed by atoms with van der Waals surface area (Å²) in [6, 6.07) is 1.45. The fourth-order valence-electron chi connectivity index (χ4n) is 1.93. The Labute approximate surface area is 101 Å². The summed E-state index contributed by atoms with van der Waals surface area (Å²) in [4.78, 5) is 14.2. The van der Waals surface area contributed by atoms with Crippen molar-refractivity contribution in [2.24, 2.45) is 0 Å². The molecule has 82 valence electrons. The van der Waals surface area contributed by atoms with Crippen LogP contribution < -0.4 is 0 Å². The molecule has 1 aliphatic heterocycles. The smallest absolute Gasteiger partial charge is 0.326 e. The second-order valence-corrected chi connectivity index (χ2v) is 5.51. The number of rotatable bonds is 3. The number of nitrogens with zero attached hydrogens (tertiary/aromatic N) is 1. The number of carbonyl (C=O) groups is 1. The van der Waals surface area contributed by atoms with Crippen molar-refractivity contribution in [3.8, 4) is 0 Å². The van der Waals surface area contributed by atoms with Gasteiger partial charge in [0.2, 0.25) is 0 Å². The van der Waals surface area contributed by atoms with Gasteiger partial charge in [0.25, 0.3) is 0 Å². The van der Waals surface area contributed by atoms with Crippen LogP contribution in [0.25, 0.3) is 0 Å². The maximum absolute atomic E-state index is 11.2. The molecule has 1 aliphatic rings. The van der Waals surface area contributed by atoms with Gasteiger partial charge in [-0.25, -0.2) is 0 Å². The predicted molar refractivity (Wildman–Crippen MR) is 63.2 cm³/mol. The van der Waals surface area contributed by atoms with Crippen LogP contribution in [0.3, 0.4) is 0 Å². The van der Waals surface area contributed by atoms with Crippen molar-refractivity contribution < 1.29 is 9.90 Å². The predicted octanol–water partition coefficient (Wildman–Crippen LogP) is 2.73. The van der Waals surface area contributed by atoms with Crippen LogP contribution >= 0.6 is 27.3 Å². The third kappa shape index (κ3) is 2.41. The van der Waals surface area contributed by atoms with Crippen LogP contribution in [0.4, 0.5) is 0 Å². The molecule has 1 N–H and O–H groups in total. The quantitative estimate of drug-likeness (QED) is 0.930. The van der Waals surface area contributed by atoms with Gasteiger partial charge in [0, 0.05) is 14.7 Å². The summed E-state index contributed by atoms with van der Waals surface area (Å²) in [7, 11) is 0. The van der Waals surface area contributed by atoms with Crippen molar-refractivity contribution in [3.63, 3.8) is 0 Å². The molecule has 15 heavy (non-hydrogen) atoms. The second-order valence-electron chi connectivity index (χ2n) is 3.65. The normalized spacial score (nSPS) is 19.3. The monoisotopic (exact) mass is 289 g/mol. The van der Waals surface area contributed by atoms with E-state index in [1.807, 2.05) is 16.3 Å². The van der Waals surface area contributed by atoms with Gasteiger partial charge in [0.1, 0.15) is 6.04 Å².